The van der Waals surface area contributed by atoms with E-state index in [1.807, 2.05) is 0 Å². The quantitative estimate of drug-likeness (QED) is 0.406. The van der Waals surface area contributed by atoms with E-state index in [1.54, 1.807) is 0 Å². The number of hydrogen-bond acceptors (Lipinski definition) is 8. The molecule has 140 valence electrons. The van der Waals surface area contributed by atoms with Crippen LogP contribution in [0.3, 0.4) is 0 Å². The van der Waals surface area contributed by atoms with Gasteiger partial charge in [-0.2, -0.15) is 0 Å². The van der Waals surface area contributed by atoms with Gasteiger partial charge in [0.05, 0.1) is 16.5 Å². The summed E-state index contributed by atoms with van der Waals surface area (Å²) in [4.78, 5) is 44.0. The molecule has 0 saturated heterocycles. The van der Waals surface area contributed by atoms with E-state index in [4.69, 9.17) is 4.74 Å². The molecule has 0 heterocycles. The van der Waals surface area contributed by atoms with Crippen molar-refractivity contribution in [2.75, 3.05) is 6.61 Å². The van der Waals surface area contributed by atoms with Crippen LogP contribution >= 0.6 is 0 Å². The number of rotatable bonds is 7. The molecule has 0 saturated carbocycles. The molecule has 0 aliphatic heterocycles. The molecule has 0 radical (unpaired) electrons. The first-order valence-electron chi connectivity index (χ1n) is 7.56. The molecular formula is C16H13N3O8. The summed E-state index contributed by atoms with van der Waals surface area (Å²) in [6, 6.07) is 8.43. The first-order valence-corrected chi connectivity index (χ1v) is 7.56. The van der Waals surface area contributed by atoms with E-state index < -0.39 is 26.3 Å². The number of esters is 1. The second-order valence-corrected chi connectivity index (χ2v) is 5.30. The summed E-state index contributed by atoms with van der Waals surface area (Å²) in [5.41, 5.74) is -3.51. The summed E-state index contributed by atoms with van der Waals surface area (Å²) in [5.74, 6) is -1.21. The van der Waals surface area contributed by atoms with Crippen LogP contribution in [0.2, 0.25) is 0 Å². The Labute approximate surface area is 151 Å². The predicted molar refractivity (Wildman–Crippen MR) is 90.6 cm³/mol. The maximum absolute atomic E-state index is 12.6. The summed E-state index contributed by atoms with van der Waals surface area (Å²) < 4.78 is 4.88. The molecule has 0 amide bonds. The van der Waals surface area contributed by atoms with E-state index in [1.165, 1.54) is 6.92 Å². The molecule has 0 atom stereocenters. The Balaban J connectivity index is 2.73. The summed E-state index contributed by atoms with van der Waals surface area (Å²) in [7, 11) is 0. The number of benzene rings is 2. The average Bonchev–Trinajstić information content (AvgIpc) is 2.63. The van der Waals surface area contributed by atoms with Crippen molar-refractivity contribution in [1.29, 1.82) is 0 Å². The molecule has 11 nitrogen and oxygen atoms in total. The fourth-order valence-electron chi connectivity index (χ4n) is 2.57. The second-order valence-electron chi connectivity index (χ2n) is 5.30. The van der Waals surface area contributed by atoms with E-state index in [0.29, 0.717) is 0 Å². The molecule has 0 fully saturated rings. The summed E-state index contributed by atoms with van der Waals surface area (Å²) in [6.45, 7) is 1.32. The molecule has 2 rings (SSSR count). The maximum Gasteiger partial charge on any atom is 0.394 e. The molecule has 0 unspecified atom stereocenters. The lowest BCUT2D eigenvalue weighted by Crippen LogP contribution is -2.45. The normalized spacial score (nSPS) is 10.9. The minimum atomic E-state index is -2.53. The van der Waals surface area contributed by atoms with Gasteiger partial charge < -0.3 is 4.74 Å². The van der Waals surface area contributed by atoms with Gasteiger partial charge in [0.15, 0.2) is 0 Å². The highest BCUT2D eigenvalue weighted by molar-refractivity contribution is 5.85. The second kappa shape index (κ2) is 7.56. The topological polar surface area (TPSA) is 156 Å². The highest BCUT2D eigenvalue weighted by Crippen LogP contribution is 2.36. The van der Waals surface area contributed by atoms with Gasteiger partial charge in [-0.25, -0.2) is 4.79 Å². The van der Waals surface area contributed by atoms with Crippen molar-refractivity contribution in [3.05, 3.63) is 90.0 Å². The van der Waals surface area contributed by atoms with E-state index in [2.05, 4.69) is 0 Å². The number of nitro groups is 3. The zero-order valence-electron chi connectivity index (χ0n) is 13.9. The van der Waals surface area contributed by atoms with Crippen LogP contribution in [-0.2, 0) is 15.1 Å². The number of ether oxygens (including phenoxy) is 1. The summed E-state index contributed by atoms with van der Waals surface area (Å²) in [5, 5.41) is 33.7. The van der Waals surface area contributed by atoms with E-state index in [0.717, 1.165) is 48.5 Å². The van der Waals surface area contributed by atoms with Gasteiger partial charge in [0.1, 0.15) is 0 Å². The number of carbonyl (C=O) groups excluding carboxylic acids is 1. The average molecular weight is 375 g/mol. The monoisotopic (exact) mass is 375 g/mol. The molecule has 11 heteroatoms. The standard InChI is InChI=1S/C16H13N3O8/c1-2-27-15(20)16(19(25)26,11-3-7-13(8-4-11)17(21)22)12-5-9-14(10-6-12)18(23)24/h3-10H,2H2,1H3. The molecule has 0 aliphatic carbocycles. The lowest BCUT2D eigenvalue weighted by Gasteiger charge is -2.24. The molecule has 0 bridgehead atoms. The number of carbonyl (C=O) groups is 1. The summed E-state index contributed by atoms with van der Waals surface area (Å²) in [6.07, 6.45) is 0. The van der Waals surface area contributed by atoms with Crippen LogP contribution in [0.4, 0.5) is 11.4 Å². The van der Waals surface area contributed by atoms with Crippen molar-refractivity contribution in [3.63, 3.8) is 0 Å². The van der Waals surface area contributed by atoms with Crippen molar-refractivity contribution in [1.82, 2.24) is 0 Å². The molecule has 0 spiro atoms. The van der Waals surface area contributed by atoms with Gasteiger partial charge in [-0.1, -0.05) is 0 Å². The Kier molecular flexibility index (Phi) is 5.44. The van der Waals surface area contributed by atoms with E-state index in [-0.39, 0.29) is 29.1 Å². The van der Waals surface area contributed by atoms with Crippen molar-refractivity contribution < 1.29 is 24.3 Å². The van der Waals surface area contributed by atoms with E-state index in [9.17, 15) is 35.1 Å². The Morgan fingerprint density at radius 2 is 1.22 bits per heavy atom. The first-order chi connectivity index (χ1) is 12.7. The Morgan fingerprint density at radius 1 is 0.852 bits per heavy atom. The molecule has 0 N–H and O–H groups in total. The zero-order valence-corrected chi connectivity index (χ0v) is 13.9. The Hall–Kier alpha value is -3.89. The van der Waals surface area contributed by atoms with Crippen LogP contribution in [0.5, 0.6) is 0 Å². The number of hydrogen-bond donors (Lipinski definition) is 0. The number of non-ortho nitro benzene ring substituents is 2. The first kappa shape index (κ1) is 19.4. The van der Waals surface area contributed by atoms with Gasteiger partial charge in [-0.3, -0.25) is 30.3 Å². The van der Waals surface area contributed by atoms with Crippen LogP contribution in [0, 0.1) is 30.3 Å². The molecule has 2 aromatic rings. The minimum absolute atomic E-state index is 0.144. The van der Waals surface area contributed by atoms with Crippen molar-refractivity contribution in [2.24, 2.45) is 0 Å². The highest BCUT2D eigenvalue weighted by Gasteiger charge is 2.56. The lowest BCUT2D eigenvalue weighted by molar-refractivity contribution is -0.551. The van der Waals surface area contributed by atoms with Gasteiger partial charge >= 0.3 is 11.5 Å². The van der Waals surface area contributed by atoms with Gasteiger partial charge in [0.2, 0.25) is 0 Å². The van der Waals surface area contributed by atoms with Crippen LogP contribution in [-0.4, -0.2) is 27.3 Å². The molecule has 0 aromatic heterocycles. The Bertz CT molecular complexity index is 835. The third-order valence-electron chi connectivity index (χ3n) is 3.84. The van der Waals surface area contributed by atoms with Crippen LogP contribution < -0.4 is 0 Å². The smallest absolute Gasteiger partial charge is 0.394 e. The van der Waals surface area contributed by atoms with Gasteiger partial charge in [-0.15, -0.1) is 0 Å². The zero-order chi connectivity index (χ0) is 20.2. The highest BCUT2D eigenvalue weighted by atomic mass is 16.6. The van der Waals surface area contributed by atoms with Gasteiger partial charge in [0.25, 0.3) is 11.4 Å². The van der Waals surface area contributed by atoms with Gasteiger partial charge in [0, 0.05) is 40.3 Å². The lowest BCUT2D eigenvalue weighted by atomic mass is 9.83. The molecule has 2 aromatic carbocycles. The fraction of sp³-hybridized carbons (Fsp3) is 0.188. The molecule has 27 heavy (non-hydrogen) atoms. The fourth-order valence-corrected chi connectivity index (χ4v) is 2.57. The van der Waals surface area contributed by atoms with Crippen molar-refractivity contribution >= 4 is 17.3 Å². The number of nitro benzene ring substituents is 2. The third kappa shape index (κ3) is 3.42. The largest absolute Gasteiger partial charge is 0.460 e. The van der Waals surface area contributed by atoms with Crippen LogP contribution in [0.1, 0.15) is 18.1 Å². The Morgan fingerprint density at radius 3 is 1.48 bits per heavy atom. The molecule has 0 aliphatic rings. The van der Waals surface area contributed by atoms with Crippen molar-refractivity contribution in [3.8, 4) is 0 Å². The maximum atomic E-state index is 12.6. The van der Waals surface area contributed by atoms with E-state index >= 15 is 0 Å². The molecular weight excluding hydrogens is 362 g/mol. The minimum Gasteiger partial charge on any atom is -0.460 e. The van der Waals surface area contributed by atoms with Gasteiger partial charge in [-0.05, 0) is 31.2 Å². The SMILES string of the molecule is CCOC(=O)C(c1ccc([N+](=O)[O-])cc1)(c1ccc([N+](=O)[O-])cc1)[N+](=O)[O-]. The van der Waals surface area contributed by atoms with Crippen LogP contribution in [0.25, 0.3) is 0 Å². The van der Waals surface area contributed by atoms with Crippen molar-refractivity contribution in [2.45, 2.75) is 12.5 Å². The third-order valence-corrected chi connectivity index (χ3v) is 3.84. The number of nitrogens with zero attached hydrogens (tertiary/aromatic N) is 3. The summed E-state index contributed by atoms with van der Waals surface area (Å²) >= 11 is 0. The predicted octanol–water partition coefficient (Wildman–Crippen LogP) is 2.59. The van der Waals surface area contributed by atoms with Crippen LogP contribution in [0.15, 0.2) is 48.5 Å².